The zero-order chi connectivity index (χ0) is 27.9. The Hall–Kier alpha value is -3.15. The smallest absolute Gasteiger partial charge is 0.262 e. The van der Waals surface area contributed by atoms with Gasteiger partial charge in [0.1, 0.15) is 6.04 Å². The number of hydrogen-bond acceptors (Lipinski definition) is 7. The number of rotatable bonds is 9. The molecule has 1 atom stereocenters. The molecular formula is C27H32N4O5S2. The molecule has 2 heterocycles. The van der Waals surface area contributed by atoms with Crippen LogP contribution in [0.15, 0.2) is 47.4 Å². The molecule has 0 saturated carbocycles. The van der Waals surface area contributed by atoms with Crippen LogP contribution in [0, 0.1) is 5.92 Å². The van der Waals surface area contributed by atoms with Gasteiger partial charge >= 0.3 is 0 Å². The Morgan fingerprint density at radius 2 is 1.55 bits per heavy atom. The van der Waals surface area contributed by atoms with E-state index in [1.807, 2.05) is 41.5 Å². The molecule has 0 bridgehead atoms. The van der Waals surface area contributed by atoms with E-state index in [1.54, 1.807) is 36.4 Å². The van der Waals surface area contributed by atoms with Gasteiger partial charge in [-0.3, -0.25) is 19.3 Å². The Morgan fingerprint density at radius 1 is 0.974 bits per heavy atom. The van der Waals surface area contributed by atoms with Gasteiger partial charge in [-0.1, -0.05) is 37.3 Å². The van der Waals surface area contributed by atoms with Crippen molar-refractivity contribution in [3.63, 3.8) is 0 Å². The maximum atomic E-state index is 13.4. The number of aromatic nitrogens is 1. The summed E-state index contributed by atoms with van der Waals surface area (Å²) in [6.45, 7) is 11.2. The third kappa shape index (κ3) is 5.10. The summed E-state index contributed by atoms with van der Waals surface area (Å²) >= 11 is 1.14. The number of amides is 3. The Morgan fingerprint density at radius 3 is 2.08 bits per heavy atom. The van der Waals surface area contributed by atoms with Gasteiger partial charge in [-0.2, -0.15) is 4.31 Å². The molecule has 0 aliphatic carbocycles. The SMILES string of the molecule is CC(C)CC(C(=O)Nc1nc2ccc(S(=O)(=O)N(C(C)C)C(C)C)cc2s1)N1C(=O)c2ccccc2C1=O. The number of sulfonamides is 1. The molecular weight excluding hydrogens is 524 g/mol. The lowest BCUT2D eigenvalue weighted by atomic mass is 10.0. The fourth-order valence-electron chi connectivity index (χ4n) is 4.85. The first-order valence-electron chi connectivity index (χ1n) is 12.5. The van der Waals surface area contributed by atoms with E-state index in [2.05, 4.69) is 10.3 Å². The number of anilines is 1. The number of fused-ring (bicyclic) bond motifs is 2. The van der Waals surface area contributed by atoms with Gasteiger partial charge in [-0.15, -0.1) is 0 Å². The minimum Gasteiger partial charge on any atom is -0.300 e. The van der Waals surface area contributed by atoms with Crippen molar-refractivity contribution in [1.29, 1.82) is 0 Å². The van der Waals surface area contributed by atoms with Gasteiger partial charge in [-0.25, -0.2) is 13.4 Å². The fourth-order valence-corrected chi connectivity index (χ4v) is 7.69. The van der Waals surface area contributed by atoms with Crippen LogP contribution in [0.25, 0.3) is 10.2 Å². The van der Waals surface area contributed by atoms with Crippen molar-refractivity contribution in [3.05, 3.63) is 53.6 Å². The highest BCUT2D eigenvalue weighted by atomic mass is 32.2. The molecule has 1 aliphatic rings. The van der Waals surface area contributed by atoms with E-state index in [0.29, 0.717) is 10.2 Å². The molecule has 202 valence electrons. The predicted molar refractivity (Wildman–Crippen MR) is 148 cm³/mol. The number of benzene rings is 2. The van der Waals surface area contributed by atoms with Gasteiger partial charge in [0.2, 0.25) is 15.9 Å². The van der Waals surface area contributed by atoms with E-state index >= 15 is 0 Å². The van der Waals surface area contributed by atoms with Crippen molar-refractivity contribution in [2.75, 3.05) is 5.32 Å². The van der Waals surface area contributed by atoms with Crippen molar-refractivity contribution >= 4 is 54.4 Å². The minimum absolute atomic E-state index is 0.0306. The molecule has 0 radical (unpaired) electrons. The molecule has 1 aliphatic heterocycles. The van der Waals surface area contributed by atoms with Crippen LogP contribution in [0.5, 0.6) is 0 Å². The summed E-state index contributed by atoms with van der Waals surface area (Å²) in [5.74, 6) is -1.48. The van der Waals surface area contributed by atoms with Gasteiger partial charge in [0.05, 0.1) is 26.2 Å². The lowest BCUT2D eigenvalue weighted by molar-refractivity contribution is -0.120. The van der Waals surface area contributed by atoms with Crippen LogP contribution >= 0.6 is 11.3 Å². The average molecular weight is 557 g/mol. The summed E-state index contributed by atoms with van der Waals surface area (Å²) in [5, 5.41) is 3.02. The predicted octanol–water partition coefficient (Wildman–Crippen LogP) is 4.75. The van der Waals surface area contributed by atoms with E-state index in [1.165, 1.54) is 10.4 Å². The number of imide groups is 1. The van der Waals surface area contributed by atoms with Crippen molar-refractivity contribution in [2.24, 2.45) is 5.92 Å². The molecule has 38 heavy (non-hydrogen) atoms. The molecule has 0 spiro atoms. The fraction of sp³-hybridized carbons (Fsp3) is 0.407. The zero-order valence-electron chi connectivity index (χ0n) is 22.3. The largest absolute Gasteiger partial charge is 0.300 e. The van der Waals surface area contributed by atoms with Crippen molar-refractivity contribution in [2.45, 2.75) is 71.0 Å². The average Bonchev–Trinajstić information content (AvgIpc) is 3.34. The van der Waals surface area contributed by atoms with Gasteiger partial charge in [-0.05, 0) is 70.4 Å². The number of carbonyl (C=O) groups is 3. The first kappa shape index (κ1) is 27.9. The van der Waals surface area contributed by atoms with Crippen molar-refractivity contribution < 1.29 is 22.8 Å². The second-order valence-electron chi connectivity index (χ2n) is 10.3. The van der Waals surface area contributed by atoms with Crippen LogP contribution in [-0.2, 0) is 14.8 Å². The summed E-state index contributed by atoms with van der Waals surface area (Å²) in [7, 11) is -3.74. The molecule has 1 unspecified atom stereocenters. The second kappa shape index (κ2) is 10.5. The number of thiazole rings is 1. The number of nitrogens with zero attached hydrogens (tertiary/aromatic N) is 3. The first-order valence-corrected chi connectivity index (χ1v) is 14.8. The molecule has 0 saturated heterocycles. The van der Waals surface area contributed by atoms with E-state index in [4.69, 9.17) is 0 Å². The summed E-state index contributed by atoms with van der Waals surface area (Å²) in [4.78, 5) is 45.2. The quantitative estimate of drug-likeness (QED) is 0.380. The Kier molecular flexibility index (Phi) is 7.74. The van der Waals surface area contributed by atoms with Crippen molar-refractivity contribution in [3.8, 4) is 0 Å². The van der Waals surface area contributed by atoms with Crippen LogP contribution in [-0.4, -0.2) is 58.5 Å². The van der Waals surface area contributed by atoms with E-state index in [9.17, 15) is 22.8 Å². The molecule has 2 aromatic carbocycles. The van der Waals surface area contributed by atoms with Crippen LogP contribution in [0.3, 0.4) is 0 Å². The molecule has 4 rings (SSSR count). The molecule has 1 aromatic heterocycles. The molecule has 0 fully saturated rings. The summed E-state index contributed by atoms with van der Waals surface area (Å²) in [5.41, 5.74) is 1.10. The first-order chi connectivity index (χ1) is 17.8. The summed E-state index contributed by atoms with van der Waals surface area (Å²) in [6, 6.07) is 9.77. The Bertz CT molecular complexity index is 1470. The standard InChI is InChI=1S/C27H32N4O5S2/c1-15(2)13-22(30-25(33)19-9-7-8-10-20(19)26(30)34)24(32)29-27-28-21-12-11-18(14-23(21)37-27)38(35,36)31(16(3)4)17(5)6/h7-12,14-17,22H,13H2,1-6H3,(H,28,29,32). The number of carbonyl (C=O) groups excluding carboxylic acids is 3. The number of hydrogen-bond donors (Lipinski definition) is 1. The molecule has 11 heteroatoms. The second-order valence-corrected chi connectivity index (χ2v) is 13.2. The lowest BCUT2D eigenvalue weighted by Crippen LogP contribution is -2.47. The summed E-state index contributed by atoms with van der Waals surface area (Å²) in [6.07, 6.45) is 0.283. The third-order valence-electron chi connectivity index (χ3n) is 6.32. The number of nitrogens with one attached hydrogen (secondary N) is 1. The highest BCUT2D eigenvalue weighted by Crippen LogP contribution is 2.32. The molecule has 9 nitrogen and oxygen atoms in total. The highest BCUT2D eigenvalue weighted by Gasteiger charge is 2.43. The van der Waals surface area contributed by atoms with Gasteiger partial charge < -0.3 is 5.32 Å². The third-order valence-corrected chi connectivity index (χ3v) is 9.50. The van der Waals surface area contributed by atoms with Crippen LogP contribution in [0.2, 0.25) is 0 Å². The topological polar surface area (TPSA) is 117 Å². The van der Waals surface area contributed by atoms with Crippen LogP contribution in [0.4, 0.5) is 5.13 Å². The van der Waals surface area contributed by atoms with Gasteiger partial charge in [0, 0.05) is 12.1 Å². The van der Waals surface area contributed by atoms with Gasteiger partial charge in [0.15, 0.2) is 5.13 Å². The van der Waals surface area contributed by atoms with E-state index in [-0.39, 0.29) is 45.6 Å². The highest BCUT2D eigenvalue weighted by molar-refractivity contribution is 7.89. The van der Waals surface area contributed by atoms with Crippen molar-refractivity contribution in [1.82, 2.24) is 14.2 Å². The Balaban J connectivity index is 1.62. The van der Waals surface area contributed by atoms with Gasteiger partial charge in [0.25, 0.3) is 11.8 Å². The summed E-state index contributed by atoms with van der Waals surface area (Å²) < 4.78 is 28.7. The van der Waals surface area contributed by atoms with Crippen LogP contribution in [0.1, 0.15) is 68.7 Å². The Labute approximate surface area is 226 Å². The molecule has 1 N–H and O–H groups in total. The van der Waals surface area contributed by atoms with Crippen LogP contribution < -0.4 is 5.32 Å². The molecule has 3 amide bonds. The molecule has 3 aromatic rings. The zero-order valence-corrected chi connectivity index (χ0v) is 23.9. The van der Waals surface area contributed by atoms with E-state index in [0.717, 1.165) is 16.2 Å². The maximum absolute atomic E-state index is 13.4. The van der Waals surface area contributed by atoms with E-state index < -0.39 is 33.8 Å². The maximum Gasteiger partial charge on any atom is 0.262 e. The lowest BCUT2D eigenvalue weighted by Gasteiger charge is -2.29. The monoisotopic (exact) mass is 556 g/mol. The normalized spacial score (nSPS) is 14.8. The minimum atomic E-state index is -3.74.